The molecular weight excluding hydrogens is 345 g/mol. The van der Waals surface area contributed by atoms with Gasteiger partial charge < -0.3 is 20.5 Å². The summed E-state index contributed by atoms with van der Waals surface area (Å²) in [4.78, 5) is 12.2. The van der Waals surface area contributed by atoms with Crippen LogP contribution >= 0.6 is 12.2 Å². The summed E-state index contributed by atoms with van der Waals surface area (Å²) in [5.41, 5.74) is -2.25. The number of carbonyl (C=O) groups excluding carboxylic acids is 1. The Hall–Kier alpha value is -1.87. The lowest BCUT2D eigenvalue weighted by Crippen LogP contribution is -2.73. The third-order valence-corrected chi connectivity index (χ3v) is 4.00. The molecule has 0 bridgehead atoms. The molecule has 0 saturated carbocycles. The molecule has 0 radical (unpaired) electrons. The average molecular weight is 362 g/mol. The molecule has 9 heteroatoms. The van der Waals surface area contributed by atoms with Crippen molar-refractivity contribution in [3.8, 4) is 0 Å². The number of aliphatic hydroxyl groups is 1. The fourth-order valence-corrected chi connectivity index (χ4v) is 2.87. The highest BCUT2D eigenvalue weighted by Crippen LogP contribution is 2.43. The van der Waals surface area contributed by atoms with Crippen LogP contribution in [0.3, 0.4) is 0 Å². The first-order valence-electron chi connectivity index (χ1n) is 7.21. The number of alkyl halides is 3. The van der Waals surface area contributed by atoms with Gasteiger partial charge in [0.25, 0.3) is 5.72 Å². The number of benzene rings is 1. The van der Waals surface area contributed by atoms with Crippen molar-refractivity contribution in [3.05, 3.63) is 35.4 Å². The highest BCUT2D eigenvalue weighted by molar-refractivity contribution is 7.80. The van der Waals surface area contributed by atoms with E-state index in [1.54, 1.807) is 29.6 Å². The van der Waals surface area contributed by atoms with Crippen molar-refractivity contribution in [2.24, 2.45) is 5.92 Å². The normalized spacial score (nSPS) is 27.2. The summed E-state index contributed by atoms with van der Waals surface area (Å²) >= 11 is 4.80. The quantitative estimate of drug-likeness (QED) is 0.564. The SMILES string of the molecule is CCOC(=O)[C@H]1[C@@H](c2ccc(C)cc2)NC(=S)N[C@@]1(O)C(F)(F)F. The molecule has 1 saturated heterocycles. The van der Waals surface area contributed by atoms with Crippen LogP contribution in [-0.4, -0.2) is 34.7 Å². The smallest absolute Gasteiger partial charge is 0.437 e. The lowest BCUT2D eigenvalue weighted by Gasteiger charge is -2.45. The molecule has 3 atom stereocenters. The molecule has 0 aliphatic carbocycles. The molecule has 24 heavy (non-hydrogen) atoms. The molecule has 1 fully saturated rings. The number of ether oxygens (including phenoxy) is 1. The summed E-state index contributed by atoms with van der Waals surface area (Å²) < 4.78 is 45.2. The van der Waals surface area contributed by atoms with E-state index in [9.17, 15) is 23.1 Å². The van der Waals surface area contributed by atoms with Crippen LogP contribution in [0.4, 0.5) is 13.2 Å². The van der Waals surface area contributed by atoms with E-state index >= 15 is 0 Å². The lowest BCUT2D eigenvalue weighted by atomic mass is 9.82. The molecule has 2 rings (SSSR count). The van der Waals surface area contributed by atoms with Gasteiger partial charge in [-0.1, -0.05) is 29.8 Å². The van der Waals surface area contributed by atoms with Gasteiger partial charge >= 0.3 is 12.1 Å². The van der Waals surface area contributed by atoms with Crippen molar-refractivity contribution in [3.63, 3.8) is 0 Å². The van der Waals surface area contributed by atoms with Gasteiger partial charge in [0.1, 0.15) is 5.92 Å². The highest BCUT2D eigenvalue weighted by Gasteiger charge is 2.66. The Morgan fingerprint density at radius 1 is 1.38 bits per heavy atom. The first-order chi connectivity index (χ1) is 11.1. The molecule has 5 nitrogen and oxygen atoms in total. The monoisotopic (exact) mass is 362 g/mol. The fraction of sp³-hybridized carbons (Fsp3) is 0.467. The fourth-order valence-electron chi connectivity index (χ4n) is 2.59. The summed E-state index contributed by atoms with van der Waals surface area (Å²) in [6.07, 6.45) is -5.14. The second kappa shape index (κ2) is 6.56. The maximum Gasteiger partial charge on any atom is 0.437 e. The average Bonchev–Trinajstić information content (AvgIpc) is 2.46. The van der Waals surface area contributed by atoms with Crippen molar-refractivity contribution in [1.82, 2.24) is 10.6 Å². The van der Waals surface area contributed by atoms with E-state index < -0.39 is 34.9 Å². The molecule has 1 aromatic carbocycles. The molecule has 1 aliphatic heterocycles. The van der Waals surface area contributed by atoms with E-state index in [0.29, 0.717) is 5.56 Å². The Bertz CT molecular complexity index is 636. The number of halogens is 3. The first kappa shape index (κ1) is 18.5. The van der Waals surface area contributed by atoms with E-state index in [2.05, 4.69) is 5.32 Å². The zero-order chi connectivity index (χ0) is 18.1. The van der Waals surface area contributed by atoms with E-state index in [1.165, 1.54) is 6.92 Å². The second-order valence-corrected chi connectivity index (χ2v) is 5.89. The van der Waals surface area contributed by atoms with Crippen LogP contribution in [-0.2, 0) is 9.53 Å². The maximum atomic E-state index is 13.5. The van der Waals surface area contributed by atoms with Gasteiger partial charge in [0, 0.05) is 0 Å². The highest BCUT2D eigenvalue weighted by atomic mass is 32.1. The molecule has 0 aromatic heterocycles. The third-order valence-electron chi connectivity index (χ3n) is 3.78. The van der Waals surface area contributed by atoms with Crippen molar-refractivity contribution in [2.75, 3.05) is 6.61 Å². The molecule has 1 aromatic rings. The number of rotatable bonds is 3. The Morgan fingerprint density at radius 3 is 2.46 bits per heavy atom. The Kier molecular flexibility index (Phi) is 5.05. The molecule has 1 heterocycles. The maximum absolute atomic E-state index is 13.5. The van der Waals surface area contributed by atoms with E-state index in [0.717, 1.165) is 5.56 Å². The van der Waals surface area contributed by atoms with E-state index in [1.807, 2.05) is 6.92 Å². The topological polar surface area (TPSA) is 70.6 Å². The molecule has 132 valence electrons. The largest absolute Gasteiger partial charge is 0.466 e. The van der Waals surface area contributed by atoms with Gasteiger partial charge in [-0.25, -0.2) is 0 Å². The van der Waals surface area contributed by atoms with E-state index in [-0.39, 0.29) is 6.61 Å². The third kappa shape index (κ3) is 3.32. The zero-order valence-corrected chi connectivity index (χ0v) is 13.8. The van der Waals surface area contributed by atoms with Crippen LogP contribution in [0.5, 0.6) is 0 Å². The molecular formula is C15H17F3N2O3S. The van der Waals surface area contributed by atoms with Gasteiger partial charge in [-0.15, -0.1) is 0 Å². The van der Waals surface area contributed by atoms with Gasteiger partial charge in [0.05, 0.1) is 12.6 Å². The van der Waals surface area contributed by atoms with Crippen LogP contribution in [0, 0.1) is 12.8 Å². The molecule has 0 unspecified atom stereocenters. The minimum Gasteiger partial charge on any atom is -0.466 e. The van der Waals surface area contributed by atoms with E-state index in [4.69, 9.17) is 17.0 Å². The lowest BCUT2D eigenvalue weighted by molar-refractivity contribution is -0.292. The summed E-state index contributed by atoms with van der Waals surface area (Å²) in [6.45, 7) is 3.17. The molecule has 0 amide bonds. The number of aryl methyl sites for hydroxylation is 1. The minimum atomic E-state index is -5.14. The number of esters is 1. The van der Waals surface area contributed by atoms with Gasteiger partial charge in [-0.05, 0) is 31.6 Å². The number of nitrogens with one attached hydrogen (secondary N) is 2. The summed E-state index contributed by atoms with van der Waals surface area (Å²) in [6, 6.07) is 5.34. The molecule has 1 aliphatic rings. The van der Waals surface area contributed by atoms with Gasteiger partial charge in [-0.3, -0.25) is 4.79 Å². The predicted molar refractivity (Wildman–Crippen MR) is 83.9 cm³/mol. The number of hydrogen-bond acceptors (Lipinski definition) is 4. The Balaban J connectivity index is 2.55. The first-order valence-corrected chi connectivity index (χ1v) is 7.62. The van der Waals surface area contributed by atoms with Gasteiger partial charge in [0.15, 0.2) is 5.11 Å². The predicted octanol–water partition coefficient (Wildman–Crippen LogP) is 1.94. The van der Waals surface area contributed by atoms with Crippen LogP contribution in [0.15, 0.2) is 24.3 Å². The minimum absolute atomic E-state index is 0.117. The summed E-state index contributed by atoms with van der Waals surface area (Å²) in [5, 5.41) is 14.3. The Labute approximate surface area is 142 Å². The van der Waals surface area contributed by atoms with Crippen molar-refractivity contribution in [2.45, 2.75) is 31.8 Å². The molecule has 3 N–H and O–H groups in total. The molecule has 0 spiro atoms. The number of thiocarbonyl (C=S) groups is 1. The zero-order valence-electron chi connectivity index (χ0n) is 13.0. The van der Waals surface area contributed by atoms with Crippen molar-refractivity contribution >= 4 is 23.3 Å². The van der Waals surface area contributed by atoms with Crippen LogP contribution in [0.2, 0.25) is 0 Å². The van der Waals surface area contributed by atoms with Crippen LogP contribution in [0.25, 0.3) is 0 Å². The van der Waals surface area contributed by atoms with Crippen molar-refractivity contribution in [1.29, 1.82) is 0 Å². The summed E-state index contributed by atoms with van der Waals surface area (Å²) in [7, 11) is 0. The number of carbonyl (C=O) groups is 1. The van der Waals surface area contributed by atoms with Gasteiger partial charge in [0.2, 0.25) is 0 Å². The Morgan fingerprint density at radius 2 is 1.96 bits per heavy atom. The van der Waals surface area contributed by atoms with Crippen LogP contribution in [0.1, 0.15) is 24.1 Å². The number of hydrogen-bond donors (Lipinski definition) is 3. The second-order valence-electron chi connectivity index (χ2n) is 5.48. The summed E-state index contributed by atoms with van der Waals surface area (Å²) in [5.74, 6) is -3.14. The van der Waals surface area contributed by atoms with Crippen LogP contribution < -0.4 is 10.6 Å². The standard InChI is InChI=1S/C15H17F3N2O3S/c1-3-23-12(21)10-11(9-6-4-8(2)5-7-9)19-13(24)20-14(10,22)15(16,17)18/h4-7,10-11,22H,3H2,1-2H3,(H2,19,20,24)/t10-,11-,14+/m1/s1. The van der Waals surface area contributed by atoms with Gasteiger partial charge in [-0.2, -0.15) is 13.2 Å². The van der Waals surface area contributed by atoms with Crippen molar-refractivity contribution < 1.29 is 27.8 Å².